The molecule has 0 aromatic carbocycles. The van der Waals surface area contributed by atoms with Gasteiger partial charge in [-0.2, -0.15) is 0 Å². The average Bonchev–Trinajstić information content (AvgIpc) is 2.31. The van der Waals surface area contributed by atoms with Crippen LogP contribution in [-0.4, -0.2) is 38.1 Å². The van der Waals surface area contributed by atoms with Crippen LogP contribution in [0.4, 0.5) is 0 Å². The minimum atomic E-state index is 0.777. The molecule has 0 fully saturated rings. The zero-order valence-corrected chi connectivity index (χ0v) is 13.5. The van der Waals surface area contributed by atoms with Crippen molar-refractivity contribution in [2.45, 2.75) is 59.8 Å². The van der Waals surface area contributed by atoms with Crippen LogP contribution < -0.4 is 5.32 Å². The van der Waals surface area contributed by atoms with E-state index < -0.39 is 0 Å². The highest BCUT2D eigenvalue weighted by atomic mass is 15.1. The summed E-state index contributed by atoms with van der Waals surface area (Å²) in [5, 5.41) is 3.51. The SMILES string of the molecule is CCC(C)CN(C)CCCCCCNCC(C)C. The van der Waals surface area contributed by atoms with E-state index in [2.05, 4.69) is 45.0 Å². The van der Waals surface area contributed by atoms with Crippen molar-refractivity contribution in [2.75, 3.05) is 33.2 Å². The van der Waals surface area contributed by atoms with Gasteiger partial charge in [-0.3, -0.25) is 0 Å². The van der Waals surface area contributed by atoms with E-state index in [4.69, 9.17) is 0 Å². The summed E-state index contributed by atoms with van der Waals surface area (Å²) in [5.74, 6) is 1.62. The van der Waals surface area contributed by atoms with E-state index in [1.165, 1.54) is 51.7 Å². The van der Waals surface area contributed by atoms with Crippen molar-refractivity contribution in [3.63, 3.8) is 0 Å². The van der Waals surface area contributed by atoms with Crippen LogP contribution in [0, 0.1) is 11.8 Å². The molecule has 0 aliphatic rings. The zero-order valence-electron chi connectivity index (χ0n) is 13.5. The van der Waals surface area contributed by atoms with Gasteiger partial charge in [0.2, 0.25) is 0 Å². The Morgan fingerprint density at radius 2 is 1.67 bits per heavy atom. The summed E-state index contributed by atoms with van der Waals surface area (Å²) >= 11 is 0. The molecule has 18 heavy (non-hydrogen) atoms. The van der Waals surface area contributed by atoms with Crippen LogP contribution in [0.25, 0.3) is 0 Å². The van der Waals surface area contributed by atoms with Crippen LogP contribution >= 0.6 is 0 Å². The minimum Gasteiger partial charge on any atom is -0.316 e. The van der Waals surface area contributed by atoms with Gasteiger partial charge in [-0.15, -0.1) is 0 Å². The lowest BCUT2D eigenvalue weighted by Gasteiger charge is -2.20. The summed E-state index contributed by atoms with van der Waals surface area (Å²) in [4.78, 5) is 2.49. The molecule has 2 heteroatoms. The largest absolute Gasteiger partial charge is 0.316 e. The molecule has 0 radical (unpaired) electrons. The average molecular weight is 256 g/mol. The maximum Gasteiger partial charge on any atom is 0.000387 e. The molecule has 0 rings (SSSR count). The van der Waals surface area contributed by atoms with Gasteiger partial charge in [-0.1, -0.05) is 47.0 Å². The van der Waals surface area contributed by atoms with E-state index >= 15 is 0 Å². The van der Waals surface area contributed by atoms with Crippen molar-refractivity contribution in [3.8, 4) is 0 Å². The maximum atomic E-state index is 3.51. The second-order valence-electron chi connectivity index (χ2n) is 6.29. The van der Waals surface area contributed by atoms with Crippen molar-refractivity contribution < 1.29 is 0 Å². The molecule has 0 saturated heterocycles. The van der Waals surface area contributed by atoms with E-state index in [0.717, 1.165) is 18.4 Å². The normalized spacial score (nSPS) is 13.5. The van der Waals surface area contributed by atoms with Crippen LogP contribution in [-0.2, 0) is 0 Å². The van der Waals surface area contributed by atoms with Crippen LogP contribution in [0.15, 0.2) is 0 Å². The van der Waals surface area contributed by atoms with Gasteiger partial charge in [0, 0.05) is 6.54 Å². The summed E-state index contributed by atoms with van der Waals surface area (Å²) in [6.07, 6.45) is 6.75. The molecular weight excluding hydrogens is 220 g/mol. The lowest BCUT2D eigenvalue weighted by Crippen LogP contribution is -2.25. The van der Waals surface area contributed by atoms with Gasteiger partial charge < -0.3 is 10.2 Å². The summed E-state index contributed by atoms with van der Waals surface area (Å²) in [6.45, 7) is 14.0. The molecule has 1 atom stereocenters. The number of hydrogen-bond donors (Lipinski definition) is 1. The van der Waals surface area contributed by atoms with Gasteiger partial charge >= 0.3 is 0 Å². The van der Waals surface area contributed by atoms with Crippen molar-refractivity contribution in [1.82, 2.24) is 10.2 Å². The van der Waals surface area contributed by atoms with Crippen LogP contribution in [0.5, 0.6) is 0 Å². The van der Waals surface area contributed by atoms with Gasteiger partial charge in [-0.05, 0) is 51.4 Å². The number of nitrogens with one attached hydrogen (secondary N) is 1. The van der Waals surface area contributed by atoms with Crippen molar-refractivity contribution in [2.24, 2.45) is 11.8 Å². The van der Waals surface area contributed by atoms with Gasteiger partial charge in [0.15, 0.2) is 0 Å². The second kappa shape index (κ2) is 12.0. The molecule has 0 aliphatic heterocycles. The molecule has 0 spiro atoms. The Morgan fingerprint density at radius 1 is 1.00 bits per heavy atom. The molecule has 2 nitrogen and oxygen atoms in total. The third-order valence-corrected chi connectivity index (χ3v) is 3.52. The van der Waals surface area contributed by atoms with Gasteiger partial charge in [-0.25, -0.2) is 0 Å². The van der Waals surface area contributed by atoms with E-state index in [1.54, 1.807) is 0 Å². The predicted molar refractivity (Wildman–Crippen MR) is 83.1 cm³/mol. The topological polar surface area (TPSA) is 15.3 Å². The maximum absolute atomic E-state index is 3.51. The van der Waals surface area contributed by atoms with Gasteiger partial charge in [0.25, 0.3) is 0 Å². The molecule has 1 unspecified atom stereocenters. The third-order valence-electron chi connectivity index (χ3n) is 3.52. The number of rotatable bonds is 12. The van der Waals surface area contributed by atoms with Crippen molar-refractivity contribution >= 4 is 0 Å². The van der Waals surface area contributed by atoms with Gasteiger partial charge in [0.1, 0.15) is 0 Å². The van der Waals surface area contributed by atoms with Gasteiger partial charge in [0.05, 0.1) is 0 Å². The molecule has 0 bridgehead atoms. The van der Waals surface area contributed by atoms with E-state index in [-0.39, 0.29) is 0 Å². The molecule has 0 amide bonds. The highest BCUT2D eigenvalue weighted by molar-refractivity contribution is 4.58. The summed E-state index contributed by atoms with van der Waals surface area (Å²) in [7, 11) is 2.26. The molecular formula is C16H36N2. The van der Waals surface area contributed by atoms with E-state index in [1.807, 2.05) is 0 Å². The fourth-order valence-electron chi connectivity index (χ4n) is 2.13. The quantitative estimate of drug-likeness (QED) is 0.535. The number of unbranched alkanes of at least 4 members (excludes halogenated alkanes) is 3. The summed E-state index contributed by atoms with van der Waals surface area (Å²) < 4.78 is 0. The van der Waals surface area contributed by atoms with Crippen LogP contribution in [0.3, 0.4) is 0 Å². The lowest BCUT2D eigenvalue weighted by molar-refractivity contribution is 0.276. The third kappa shape index (κ3) is 12.4. The molecule has 1 N–H and O–H groups in total. The Labute approximate surface area is 116 Å². The molecule has 0 heterocycles. The summed E-state index contributed by atoms with van der Waals surface area (Å²) in [6, 6.07) is 0. The van der Waals surface area contributed by atoms with Crippen LogP contribution in [0.1, 0.15) is 59.8 Å². The van der Waals surface area contributed by atoms with E-state index in [0.29, 0.717) is 0 Å². The molecule has 110 valence electrons. The molecule has 0 aromatic heterocycles. The fourth-order valence-corrected chi connectivity index (χ4v) is 2.13. The number of nitrogens with zero attached hydrogens (tertiary/aromatic N) is 1. The Morgan fingerprint density at radius 3 is 2.28 bits per heavy atom. The first kappa shape index (κ1) is 17.9. The smallest absolute Gasteiger partial charge is 0.000387 e. The Bertz CT molecular complexity index is 168. The number of hydrogen-bond acceptors (Lipinski definition) is 2. The Balaban J connectivity index is 3.20. The first-order valence-corrected chi connectivity index (χ1v) is 7.95. The monoisotopic (exact) mass is 256 g/mol. The molecule has 0 saturated carbocycles. The molecule has 0 aromatic rings. The van der Waals surface area contributed by atoms with Crippen molar-refractivity contribution in [1.29, 1.82) is 0 Å². The molecule has 0 aliphatic carbocycles. The minimum absolute atomic E-state index is 0.777. The van der Waals surface area contributed by atoms with Crippen molar-refractivity contribution in [3.05, 3.63) is 0 Å². The summed E-state index contributed by atoms with van der Waals surface area (Å²) in [5.41, 5.74) is 0. The van der Waals surface area contributed by atoms with E-state index in [9.17, 15) is 0 Å². The lowest BCUT2D eigenvalue weighted by atomic mass is 10.1. The standard InChI is InChI=1S/C16H36N2/c1-6-16(4)14-18(5)12-10-8-7-9-11-17-13-15(2)3/h15-17H,6-14H2,1-5H3. The fraction of sp³-hybridized carbons (Fsp3) is 1.00. The highest BCUT2D eigenvalue weighted by Gasteiger charge is 2.03. The first-order valence-electron chi connectivity index (χ1n) is 7.95. The second-order valence-corrected chi connectivity index (χ2v) is 6.29. The highest BCUT2D eigenvalue weighted by Crippen LogP contribution is 2.05. The first-order chi connectivity index (χ1) is 8.56. The Kier molecular flexibility index (Phi) is 11.9. The zero-order chi connectivity index (χ0) is 13.8. The predicted octanol–water partition coefficient (Wildman–Crippen LogP) is 3.77. The Hall–Kier alpha value is -0.0800. The van der Waals surface area contributed by atoms with Crippen LogP contribution in [0.2, 0.25) is 0 Å².